The fourth-order valence-electron chi connectivity index (χ4n) is 3.86. The molecule has 0 aliphatic carbocycles. The zero-order valence-electron chi connectivity index (χ0n) is 20.5. The third-order valence-corrected chi connectivity index (χ3v) is 5.78. The molecule has 1 heterocycles. The Labute approximate surface area is 211 Å². The number of ether oxygens (including phenoxy) is 2. The van der Waals surface area contributed by atoms with Crippen molar-refractivity contribution < 1.29 is 23.5 Å². The van der Waals surface area contributed by atoms with Gasteiger partial charge < -0.3 is 18.8 Å². The van der Waals surface area contributed by atoms with Crippen LogP contribution in [0.1, 0.15) is 34.0 Å². The van der Waals surface area contributed by atoms with Gasteiger partial charge in [0.2, 0.25) is 0 Å². The summed E-state index contributed by atoms with van der Waals surface area (Å²) in [6.07, 6.45) is 1.87. The maximum atomic E-state index is 13.0. The summed E-state index contributed by atoms with van der Waals surface area (Å²) >= 11 is 0. The highest BCUT2D eigenvalue weighted by atomic mass is 16.5. The number of hydrogen-bond acceptors (Lipinski definition) is 5. The maximum absolute atomic E-state index is 13.0. The van der Waals surface area contributed by atoms with Crippen molar-refractivity contribution in [2.45, 2.75) is 26.5 Å². The van der Waals surface area contributed by atoms with Crippen molar-refractivity contribution in [2.24, 2.45) is 0 Å². The van der Waals surface area contributed by atoms with E-state index in [0.29, 0.717) is 31.1 Å². The van der Waals surface area contributed by atoms with E-state index < -0.39 is 0 Å². The van der Waals surface area contributed by atoms with Crippen molar-refractivity contribution in [3.05, 3.63) is 113 Å². The Balaban J connectivity index is 1.36. The molecule has 0 unspecified atom stereocenters. The van der Waals surface area contributed by atoms with E-state index in [1.807, 2.05) is 84.9 Å². The first kappa shape index (κ1) is 24.8. The fraction of sp³-hybridized carbons (Fsp3) is 0.200. The molecule has 0 N–H and O–H groups in total. The molecule has 0 saturated heterocycles. The molecule has 3 aromatic carbocycles. The molecule has 0 spiro atoms. The Hall–Kier alpha value is -4.32. The molecule has 0 bridgehead atoms. The Bertz CT molecular complexity index is 1280. The summed E-state index contributed by atoms with van der Waals surface area (Å²) in [4.78, 5) is 26.4. The summed E-state index contributed by atoms with van der Waals surface area (Å²) in [5, 5.41) is 0. The quantitative estimate of drug-likeness (QED) is 0.263. The van der Waals surface area contributed by atoms with Crippen LogP contribution < -0.4 is 4.74 Å². The minimum absolute atomic E-state index is 0.0612. The van der Waals surface area contributed by atoms with Gasteiger partial charge in [0.1, 0.15) is 18.1 Å². The van der Waals surface area contributed by atoms with E-state index in [4.69, 9.17) is 13.9 Å². The Morgan fingerprint density at radius 1 is 0.861 bits per heavy atom. The first-order chi connectivity index (χ1) is 17.5. The molecule has 1 amide bonds. The minimum atomic E-state index is -0.243. The summed E-state index contributed by atoms with van der Waals surface area (Å²) in [5.74, 6) is 1.17. The number of rotatable bonds is 10. The molecule has 4 aromatic rings. The highest BCUT2D eigenvalue weighted by Crippen LogP contribution is 2.22. The van der Waals surface area contributed by atoms with Crippen LogP contribution in [0.4, 0.5) is 0 Å². The zero-order chi connectivity index (χ0) is 25.3. The van der Waals surface area contributed by atoms with Crippen LogP contribution in [0.2, 0.25) is 0 Å². The van der Waals surface area contributed by atoms with Gasteiger partial charge in [0.05, 0.1) is 19.3 Å². The smallest absolute Gasteiger partial charge is 0.310 e. The van der Waals surface area contributed by atoms with E-state index in [9.17, 15) is 9.59 Å². The van der Waals surface area contributed by atoms with Crippen molar-refractivity contribution in [3.8, 4) is 17.1 Å². The highest BCUT2D eigenvalue weighted by molar-refractivity contribution is 5.94. The Morgan fingerprint density at radius 2 is 1.58 bits per heavy atom. The van der Waals surface area contributed by atoms with Gasteiger partial charge in [0, 0.05) is 24.7 Å². The number of hydrogen-bond donors (Lipinski definition) is 0. The number of nitrogens with zero attached hydrogens (tertiary/aromatic N) is 1. The van der Waals surface area contributed by atoms with Crippen LogP contribution in [0, 0.1) is 0 Å². The monoisotopic (exact) mass is 483 g/mol. The van der Waals surface area contributed by atoms with Gasteiger partial charge in [0.15, 0.2) is 0 Å². The number of esters is 1. The first-order valence-electron chi connectivity index (χ1n) is 11.9. The molecule has 36 heavy (non-hydrogen) atoms. The van der Waals surface area contributed by atoms with Gasteiger partial charge in [-0.2, -0.15) is 0 Å². The number of carbonyl (C=O) groups is 2. The van der Waals surface area contributed by atoms with Crippen molar-refractivity contribution in [2.75, 3.05) is 13.7 Å². The van der Waals surface area contributed by atoms with Crippen LogP contribution in [0.5, 0.6) is 5.75 Å². The third kappa shape index (κ3) is 6.42. The summed E-state index contributed by atoms with van der Waals surface area (Å²) in [6.45, 7) is 2.99. The van der Waals surface area contributed by atoms with Crippen LogP contribution in [-0.4, -0.2) is 30.4 Å². The molecular weight excluding hydrogens is 454 g/mol. The van der Waals surface area contributed by atoms with E-state index in [1.165, 1.54) is 0 Å². The predicted octanol–water partition coefficient (Wildman–Crippen LogP) is 5.90. The molecule has 0 radical (unpaired) electrons. The van der Waals surface area contributed by atoms with Crippen LogP contribution in [0.25, 0.3) is 11.3 Å². The lowest BCUT2D eigenvalue weighted by Crippen LogP contribution is -2.26. The van der Waals surface area contributed by atoms with E-state index in [2.05, 4.69) is 0 Å². The van der Waals surface area contributed by atoms with Crippen molar-refractivity contribution in [3.63, 3.8) is 0 Å². The molecule has 0 aliphatic heterocycles. The van der Waals surface area contributed by atoms with E-state index in [-0.39, 0.29) is 18.3 Å². The van der Waals surface area contributed by atoms with Gasteiger partial charge >= 0.3 is 5.97 Å². The number of amides is 1. The highest BCUT2D eigenvalue weighted by Gasteiger charge is 2.14. The molecule has 6 nitrogen and oxygen atoms in total. The lowest BCUT2D eigenvalue weighted by Gasteiger charge is -2.20. The van der Waals surface area contributed by atoms with E-state index in [1.54, 1.807) is 25.1 Å². The third-order valence-electron chi connectivity index (χ3n) is 5.78. The molecule has 4 rings (SSSR count). The van der Waals surface area contributed by atoms with Gasteiger partial charge in [0.25, 0.3) is 5.91 Å². The van der Waals surface area contributed by atoms with Gasteiger partial charge in [-0.05, 0) is 60.0 Å². The number of benzene rings is 3. The topological polar surface area (TPSA) is 69.0 Å². The number of carbonyl (C=O) groups excluding carboxylic acids is 2. The van der Waals surface area contributed by atoms with Crippen LogP contribution in [0.3, 0.4) is 0 Å². The molecule has 0 fully saturated rings. The van der Waals surface area contributed by atoms with Crippen molar-refractivity contribution in [1.29, 1.82) is 0 Å². The molecule has 184 valence electrons. The van der Waals surface area contributed by atoms with Crippen molar-refractivity contribution in [1.82, 2.24) is 4.90 Å². The number of furan rings is 1. The second kappa shape index (κ2) is 11.9. The van der Waals surface area contributed by atoms with Crippen molar-refractivity contribution >= 4 is 11.9 Å². The predicted molar refractivity (Wildman–Crippen MR) is 137 cm³/mol. The molecule has 1 aromatic heterocycles. The molecule has 0 aliphatic rings. The lowest BCUT2D eigenvalue weighted by atomic mass is 10.1. The Kier molecular flexibility index (Phi) is 8.19. The standard InChI is InChI=1S/C30H29NO5/c1-3-34-29(32)19-22-10-16-27(17-11-22)36-21-26-8-5-4-7-25(26)20-31(2)30(33)24-14-12-23(13-15-24)28-9-6-18-35-28/h4-18H,3,19-21H2,1-2H3. The minimum Gasteiger partial charge on any atom is -0.489 e. The summed E-state index contributed by atoms with van der Waals surface area (Å²) in [6, 6.07) is 26.5. The Morgan fingerprint density at radius 3 is 2.25 bits per heavy atom. The summed E-state index contributed by atoms with van der Waals surface area (Å²) in [7, 11) is 1.79. The average Bonchev–Trinajstić information content (AvgIpc) is 3.44. The van der Waals surface area contributed by atoms with Crippen LogP contribution in [0.15, 0.2) is 95.6 Å². The second-order valence-electron chi connectivity index (χ2n) is 8.40. The average molecular weight is 484 g/mol. The van der Waals surface area contributed by atoms with Gasteiger partial charge in [-0.15, -0.1) is 0 Å². The second-order valence-corrected chi connectivity index (χ2v) is 8.40. The van der Waals surface area contributed by atoms with Crippen LogP contribution in [-0.2, 0) is 29.1 Å². The van der Waals surface area contributed by atoms with Crippen LogP contribution >= 0.6 is 0 Å². The molecular formula is C30H29NO5. The van der Waals surface area contributed by atoms with E-state index in [0.717, 1.165) is 28.0 Å². The van der Waals surface area contributed by atoms with Gasteiger partial charge in [-0.25, -0.2) is 0 Å². The zero-order valence-corrected chi connectivity index (χ0v) is 20.5. The lowest BCUT2D eigenvalue weighted by molar-refractivity contribution is -0.142. The summed E-state index contributed by atoms with van der Waals surface area (Å²) in [5.41, 5.74) is 4.43. The van der Waals surface area contributed by atoms with E-state index >= 15 is 0 Å². The SMILES string of the molecule is CCOC(=O)Cc1ccc(OCc2ccccc2CN(C)C(=O)c2ccc(-c3ccco3)cc2)cc1. The first-order valence-corrected chi connectivity index (χ1v) is 11.9. The maximum Gasteiger partial charge on any atom is 0.310 e. The molecule has 0 atom stereocenters. The molecule has 0 saturated carbocycles. The largest absolute Gasteiger partial charge is 0.489 e. The molecule has 6 heteroatoms. The fourth-order valence-corrected chi connectivity index (χ4v) is 3.86. The van der Waals surface area contributed by atoms with Gasteiger partial charge in [-0.3, -0.25) is 9.59 Å². The summed E-state index contributed by atoms with van der Waals surface area (Å²) < 4.78 is 16.4. The van der Waals surface area contributed by atoms with Gasteiger partial charge in [-0.1, -0.05) is 48.5 Å². The normalized spacial score (nSPS) is 10.6.